The number of furan rings is 1. The molecular weight excluding hydrogens is 1170 g/mol. The number of hydrogen-bond acceptors (Lipinski definition) is 5. The van der Waals surface area contributed by atoms with Gasteiger partial charge in [0.2, 0.25) is 0 Å². The van der Waals surface area contributed by atoms with Crippen molar-refractivity contribution < 1.29 is 10.5 Å². The highest BCUT2D eigenvalue weighted by atomic mass is 16.5. The predicted molar refractivity (Wildman–Crippen MR) is 411 cm³/mol. The molecule has 6 nitrogen and oxygen atoms in total. The van der Waals surface area contributed by atoms with E-state index in [2.05, 4.69) is 324 Å². The first-order chi connectivity index (χ1) is 45.5. The van der Waals surface area contributed by atoms with Crippen LogP contribution in [-0.4, -0.2) is 16.2 Å². The van der Waals surface area contributed by atoms with Gasteiger partial charge in [0.1, 0.15) is 35.2 Å². The summed E-state index contributed by atoms with van der Waals surface area (Å²) in [5.41, 5.74) is 24.2. The molecule has 0 N–H and O–H groups in total. The second-order valence-corrected chi connectivity index (χ2v) is 33.8. The Morgan fingerprint density at radius 2 is 1.01 bits per heavy atom. The first kappa shape index (κ1) is 64.5. The van der Waals surface area contributed by atoms with Crippen molar-refractivity contribution in [3.05, 3.63) is 227 Å². The van der Waals surface area contributed by atoms with E-state index in [0.29, 0.717) is 18.2 Å². The molecule has 3 aromatic heterocycles. The van der Waals surface area contributed by atoms with Crippen molar-refractivity contribution in [2.75, 3.05) is 16.5 Å². The van der Waals surface area contributed by atoms with E-state index in [-0.39, 0.29) is 50.5 Å². The van der Waals surface area contributed by atoms with Gasteiger partial charge in [-0.15, -0.1) is 0 Å². The number of pyridine rings is 1. The Kier molecular flexibility index (Phi) is 15.8. The summed E-state index contributed by atoms with van der Waals surface area (Å²) in [6.07, 6.45) is 0.263. The smallest absolute Gasteiger partial charge is 0.145 e. The van der Waals surface area contributed by atoms with Gasteiger partial charge in [-0.1, -0.05) is 249 Å². The maximum Gasteiger partial charge on any atom is 0.145 e. The van der Waals surface area contributed by atoms with E-state index in [4.69, 9.17) is 14.1 Å². The second-order valence-electron chi connectivity index (χ2n) is 33.8. The van der Waals surface area contributed by atoms with Gasteiger partial charge in [0, 0.05) is 51.3 Å². The molecular formula is C90H100N4O2. The van der Waals surface area contributed by atoms with Crippen LogP contribution in [0.15, 0.2) is 187 Å². The molecule has 13 rings (SSSR count). The Morgan fingerprint density at radius 3 is 1.56 bits per heavy atom. The molecule has 1 aliphatic heterocycles. The number of ether oxygens (including phenoxy) is 1. The van der Waals surface area contributed by atoms with Crippen molar-refractivity contribution in [1.82, 2.24) is 9.55 Å². The largest absolute Gasteiger partial charge is 0.457 e. The molecule has 0 amide bonds. The van der Waals surface area contributed by atoms with Gasteiger partial charge in [-0.05, 0) is 179 Å². The lowest BCUT2D eigenvalue weighted by Crippen LogP contribution is -2.34. The van der Waals surface area contributed by atoms with Crippen LogP contribution < -0.4 is 14.5 Å². The average Bonchev–Trinajstić information content (AvgIpc) is 1.59. The predicted octanol–water partition coefficient (Wildman–Crippen LogP) is 26.2. The minimum Gasteiger partial charge on any atom is -0.457 e. The fraction of sp³-hybridized carbons (Fsp3) is 0.344. The fourth-order valence-electron chi connectivity index (χ4n) is 14.4. The summed E-state index contributed by atoms with van der Waals surface area (Å²) in [6.45, 7) is 51.3. The summed E-state index contributed by atoms with van der Waals surface area (Å²) in [5.74, 6) is 2.58. The maximum atomic E-state index is 9.51. The van der Waals surface area contributed by atoms with Crippen LogP contribution in [0.4, 0.5) is 22.7 Å². The molecule has 0 bridgehead atoms. The minimum atomic E-state index is -0.295. The van der Waals surface area contributed by atoms with E-state index in [9.17, 15) is 1.37 Å². The van der Waals surface area contributed by atoms with E-state index in [1.165, 1.54) is 66.9 Å². The number of fused-ring (bicyclic) bond motifs is 8. The molecule has 0 radical (unpaired) electrons. The lowest BCUT2D eigenvalue weighted by atomic mass is 9.64. The highest BCUT2D eigenvalue weighted by molar-refractivity contribution is 6.24. The third kappa shape index (κ3) is 11.7. The van der Waals surface area contributed by atoms with Crippen molar-refractivity contribution in [3.8, 4) is 50.7 Å². The number of benzene rings is 9. The summed E-state index contributed by atoms with van der Waals surface area (Å²) in [5, 5.41) is 4.12. The van der Waals surface area contributed by atoms with E-state index >= 15 is 0 Å². The third-order valence-corrected chi connectivity index (χ3v) is 21.1. The highest BCUT2D eigenvalue weighted by Gasteiger charge is 2.38. The molecule has 0 saturated carbocycles. The van der Waals surface area contributed by atoms with Crippen molar-refractivity contribution in [2.45, 2.75) is 191 Å². The zero-order valence-corrected chi connectivity index (χ0v) is 61.2. The van der Waals surface area contributed by atoms with Crippen LogP contribution >= 0.6 is 0 Å². The van der Waals surface area contributed by atoms with Gasteiger partial charge in [-0.3, -0.25) is 4.57 Å². The monoisotopic (exact) mass is 1270 g/mol. The third-order valence-electron chi connectivity index (χ3n) is 21.1. The average molecular weight is 1270 g/mol. The van der Waals surface area contributed by atoms with Gasteiger partial charge in [-0.25, -0.2) is 4.98 Å². The minimum absolute atomic E-state index is 0.0910. The number of hydrogen-bond donors (Lipinski definition) is 0. The van der Waals surface area contributed by atoms with E-state index < -0.39 is 0 Å². The maximum absolute atomic E-state index is 9.51. The first-order valence-corrected chi connectivity index (χ1v) is 34.9. The lowest BCUT2D eigenvalue weighted by molar-refractivity contribution is 0.224. The standard InChI is InChI=1S/C90H100N4O2/c1-54(2)67-30-27-31-68(55(3)4)81(67)59-45-64(49-66(46-59)95-65-37-38-73-78(50-65)94(80-51-74(56(5)52-91-80)90(21,22)89(18,19)20)77-40-39-72-71-29-23-26-36-79(71)96-84(72)82(73)77)92-53-93(76-35-25-24-34-75(76)92)83-69(57-41-60(85(6,7)8)47-61(42-57)86(9,10)11)32-28-33-70(83)58-43-62(87(12,13)14)48-63(44-58)88(15,16)17/h23-52,54-55H,53H2,1-22H3/i52D. The first-order valence-electron chi connectivity index (χ1n) is 35.4. The Bertz CT molecular complexity index is 4910. The van der Waals surface area contributed by atoms with Crippen LogP contribution in [0.1, 0.15) is 203 Å². The highest BCUT2D eigenvalue weighted by Crippen LogP contribution is 2.54. The van der Waals surface area contributed by atoms with Gasteiger partial charge in [-0.2, -0.15) is 0 Å². The molecule has 0 spiro atoms. The number of nitrogens with zero attached hydrogens (tertiary/aromatic N) is 4. The molecule has 9 aromatic carbocycles. The van der Waals surface area contributed by atoms with Crippen LogP contribution in [-0.2, 0) is 27.1 Å². The van der Waals surface area contributed by atoms with E-state index in [1.54, 1.807) is 0 Å². The molecule has 492 valence electrons. The van der Waals surface area contributed by atoms with Crippen LogP contribution in [0.2, 0.25) is 0 Å². The topological polar surface area (TPSA) is 46.7 Å². The molecule has 0 unspecified atom stereocenters. The van der Waals surface area contributed by atoms with Crippen LogP contribution in [0, 0.1) is 12.3 Å². The molecule has 0 fully saturated rings. The molecule has 1 aliphatic rings. The van der Waals surface area contributed by atoms with Gasteiger partial charge < -0.3 is 19.0 Å². The second kappa shape index (κ2) is 23.5. The van der Waals surface area contributed by atoms with Gasteiger partial charge in [0.05, 0.1) is 34.9 Å². The Labute approximate surface area is 573 Å². The van der Waals surface area contributed by atoms with Crippen molar-refractivity contribution in [1.29, 1.82) is 0 Å². The fourth-order valence-corrected chi connectivity index (χ4v) is 14.4. The van der Waals surface area contributed by atoms with E-state index in [0.717, 1.165) is 83.2 Å². The molecule has 6 heteroatoms. The Morgan fingerprint density at radius 1 is 0.479 bits per heavy atom. The summed E-state index contributed by atoms with van der Waals surface area (Å²) in [7, 11) is 0. The zero-order valence-electron chi connectivity index (χ0n) is 62.2. The lowest BCUT2D eigenvalue weighted by Gasteiger charge is -2.40. The Hall–Kier alpha value is -8.87. The normalized spacial score (nSPS) is 13.8. The molecule has 4 heterocycles. The zero-order chi connectivity index (χ0) is 69.5. The number of anilines is 4. The summed E-state index contributed by atoms with van der Waals surface area (Å²) >= 11 is 0. The molecule has 0 aliphatic carbocycles. The van der Waals surface area contributed by atoms with Crippen LogP contribution in [0.25, 0.3) is 82.9 Å². The molecule has 12 aromatic rings. The summed E-state index contributed by atoms with van der Waals surface area (Å²) in [4.78, 5) is 10.3. The molecule has 96 heavy (non-hydrogen) atoms. The number of para-hydroxylation sites is 4. The molecule has 0 saturated heterocycles. The van der Waals surface area contributed by atoms with E-state index in [1.807, 2.05) is 19.1 Å². The summed E-state index contributed by atoms with van der Waals surface area (Å²) in [6, 6.07) is 65.9. The SMILES string of the molecule is [2H]c1nc(-n2c3cc(Oc4cc(-c5c(C(C)C)cccc5C(C)C)cc(N5CN(c6c(-c7cc(C(C)(C)C)cc(C(C)(C)C)c7)cccc6-c6cc(C(C)(C)C)cc(C(C)(C)C)c6)c6ccccc65)c4)ccc3c3c4oc5ccccc5c4ccc32)cc(C(C)(C)C(C)(C)C)c1C. The van der Waals surface area contributed by atoms with Crippen LogP contribution in [0.3, 0.4) is 0 Å². The quantitative estimate of drug-likeness (QED) is 0.129. The van der Waals surface area contributed by atoms with Crippen molar-refractivity contribution >= 4 is 66.5 Å². The number of rotatable bonds is 11. The van der Waals surface area contributed by atoms with Crippen molar-refractivity contribution in [3.63, 3.8) is 0 Å². The van der Waals surface area contributed by atoms with Gasteiger partial charge >= 0.3 is 0 Å². The summed E-state index contributed by atoms with van der Waals surface area (Å²) < 4.78 is 26.1. The Balaban J connectivity index is 1.04. The van der Waals surface area contributed by atoms with Gasteiger partial charge in [0.15, 0.2) is 0 Å². The van der Waals surface area contributed by atoms with Crippen LogP contribution in [0.5, 0.6) is 11.5 Å². The van der Waals surface area contributed by atoms with Gasteiger partial charge in [0.25, 0.3) is 0 Å². The molecule has 0 atom stereocenters. The number of aromatic nitrogens is 2. The van der Waals surface area contributed by atoms with Crippen molar-refractivity contribution in [2.24, 2.45) is 5.41 Å².